The van der Waals surface area contributed by atoms with Crippen LogP contribution in [0.25, 0.3) is 11.2 Å². The van der Waals surface area contributed by atoms with Crippen LogP contribution in [0, 0.1) is 22.7 Å². The van der Waals surface area contributed by atoms with E-state index in [-0.39, 0.29) is 49.0 Å². The number of aromatic amines is 1. The molecule has 0 aromatic carbocycles. The molecular formula is C33H40F2N11O12P. The number of imidazole rings is 1. The first kappa shape index (κ1) is 44.8. The molecule has 2 fully saturated rings. The highest BCUT2D eigenvalue weighted by molar-refractivity contribution is 7.48. The largest absolute Gasteiger partial charge is 0.475 e. The number of aliphatic hydroxyl groups excluding tert-OH is 1. The zero-order valence-electron chi connectivity index (χ0n) is 31.7. The van der Waals surface area contributed by atoms with Gasteiger partial charge in [-0.05, 0) is 6.07 Å². The minimum atomic E-state index is -4.70. The van der Waals surface area contributed by atoms with Crippen LogP contribution < -0.4 is 16.6 Å². The number of phosphoric acid groups is 1. The number of aromatic nitrogens is 6. The molecule has 2 aliphatic heterocycles. The number of carbonyl (C=O) groups excluding carboxylic acids is 1. The fraction of sp³-hybridized carbons (Fsp3) is 0.545. The summed E-state index contributed by atoms with van der Waals surface area (Å²) in [6, 6.07) is 4.86. The Morgan fingerprint density at radius 3 is 2.56 bits per heavy atom. The van der Waals surface area contributed by atoms with Crippen LogP contribution in [0.4, 0.5) is 20.5 Å². The third-order valence-corrected chi connectivity index (χ3v) is 9.73. The van der Waals surface area contributed by atoms with E-state index in [0.717, 1.165) is 21.7 Å². The minimum Gasteiger partial charge on any atom is -0.387 e. The van der Waals surface area contributed by atoms with Crippen molar-refractivity contribution in [3.05, 3.63) is 52.1 Å². The molecule has 3 N–H and O–H groups in total. The second-order valence-corrected chi connectivity index (χ2v) is 14.5. The number of aliphatic hydroxyl groups is 1. The van der Waals surface area contributed by atoms with Crippen molar-refractivity contribution in [1.29, 1.82) is 10.5 Å². The molecule has 318 valence electrons. The molecule has 5 rings (SSSR count). The number of ether oxygens (including phenoxy) is 4. The number of phosphoric ester groups is 1. The molecule has 1 amide bonds. The van der Waals surface area contributed by atoms with Crippen LogP contribution >= 0.6 is 7.82 Å². The monoisotopic (exact) mass is 851 g/mol. The van der Waals surface area contributed by atoms with Crippen molar-refractivity contribution < 1.29 is 55.8 Å². The topological polar surface area (TPSA) is 293 Å². The number of nitriles is 2. The molecule has 5 heterocycles. The first-order chi connectivity index (χ1) is 28.2. The molecule has 10 atom stereocenters. The zero-order chi connectivity index (χ0) is 42.9. The van der Waals surface area contributed by atoms with E-state index in [0.29, 0.717) is 0 Å². The van der Waals surface area contributed by atoms with Gasteiger partial charge in [-0.2, -0.15) is 20.5 Å². The van der Waals surface area contributed by atoms with Gasteiger partial charge in [0, 0.05) is 27.2 Å². The SMILES string of the molecule is C=CCOP(=O)(OCCC#N)O[C@H]1[C@@H](F)[C@H](n2cnc3c(=O)[nH]c(N=CN(C)C)nc32)O[C@@H]1COC(OCCC#N)[C@H]1O[C@@H](n2ccc(NC(C)=O)nc2=O)[C@H](F)[C@@H]1O. The number of hydrogen-bond donors (Lipinski definition) is 3. The first-order valence-electron chi connectivity index (χ1n) is 17.7. The molecule has 26 heteroatoms. The third-order valence-electron chi connectivity index (χ3n) is 8.27. The van der Waals surface area contributed by atoms with Crippen LogP contribution in [0.1, 0.15) is 32.2 Å². The zero-order valence-corrected chi connectivity index (χ0v) is 32.6. The third kappa shape index (κ3) is 10.8. The summed E-state index contributed by atoms with van der Waals surface area (Å²) in [7, 11) is -1.35. The van der Waals surface area contributed by atoms with Crippen molar-refractivity contribution in [3.8, 4) is 12.1 Å². The van der Waals surface area contributed by atoms with Gasteiger partial charge in [-0.15, -0.1) is 6.58 Å². The van der Waals surface area contributed by atoms with Gasteiger partial charge in [0.1, 0.15) is 30.2 Å². The number of amides is 1. The number of alkyl halides is 2. The molecular weight excluding hydrogens is 811 g/mol. The Morgan fingerprint density at radius 2 is 1.88 bits per heavy atom. The number of fused-ring (bicyclic) bond motifs is 1. The van der Waals surface area contributed by atoms with Gasteiger partial charge in [0.15, 0.2) is 42.3 Å². The number of anilines is 1. The first-order valence-corrected chi connectivity index (χ1v) is 19.1. The maximum absolute atomic E-state index is 16.8. The number of nitrogens with one attached hydrogen (secondary N) is 2. The number of carbonyl (C=O) groups is 1. The quantitative estimate of drug-likeness (QED) is 0.0360. The molecule has 3 aromatic rings. The average Bonchev–Trinajstić information content (AvgIpc) is 3.84. The van der Waals surface area contributed by atoms with Crippen molar-refractivity contribution in [2.24, 2.45) is 4.99 Å². The van der Waals surface area contributed by atoms with Gasteiger partial charge in [0.2, 0.25) is 11.9 Å². The van der Waals surface area contributed by atoms with E-state index >= 15 is 8.78 Å². The Labute approximate surface area is 333 Å². The Kier molecular flexibility index (Phi) is 15.2. The summed E-state index contributed by atoms with van der Waals surface area (Å²) in [5.74, 6) is -0.804. The molecule has 0 saturated carbocycles. The predicted octanol–water partition coefficient (Wildman–Crippen LogP) is 1.29. The van der Waals surface area contributed by atoms with Crippen LogP contribution in [-0.2, 0) is 41.9 Å². The molecule has 0 aliphatic carbocycles. The smallest absolute Gasteiger partial charge is 0.387 e. The molecule has 23 nitrogen and oxygen atoms in total. The van der Waals surface area contributed by atoms with Gasteiger partial charge in [0.25, 0.3) is 5.56 Å². The predicted molar refractivity (Wildman–Crippen MR) is 197 cm³/mol. The van der Waals surface area contributed by atoms with Crippen LogP contribution in [0.5, 0.6) is 0 Å². The van der Waals surface area contributed by atoms with Crippen LogP contribution in [0.2, 0.25) is 0 Å². The molecule has 2 saturated heterocycles. The van der Waals surface area contributed by atoms with Crippen molar-refractivity contribution in [3.63, 3.8) is 0 Å². The molecule has 0 spiro atoms. The second-order valence-electron chi connectivity index (χ2n) is 12.9. The Bertz CT molecular complexity index is 2240. The lowest BCUT2D eigenvalue weighted by Crippen LogP contribution is -2.43. The average molecular weight is 852 g/mol. The summed E-state index contributed by atoms with van der Waals surface area (Å²) in [4.78, 5) is 57.2. The summed E-state index contributed by atoms with van der Waals surface area (Å²) in [5, 5.41) is 31.5. The molecule has 3 aromatic heterocycles. The number of halogens is 2. The lowest BCUT2D eigenvalue weighted by atomic mass is 10.1. The number of hydrogen-bond acceptors (Lipinski definition) is 18. The van der Waals surface area contributed by atoms with E-state index in [2.05, 4.69) is 36.8 Å². The van der Waals surface area contributed by atoms with E-state index in [9.17, 15) is 24.1 Å². The second kappa shape index (κ2) is 20.1. The summed E-state index contributed by atoms with van der Waals surface area (Å²) < 4.78 is 87.7. The van der Waals surface area contributed by atoms with Crippen molar-refractivity contribution in [1.82, 2.24) is 34.0 Å². The van der Waals surface area contributed by atoms with E-state index in [1.165, 1.54) is 25.4 Å². The van der Waals surface area contributed by atoms with Gasteiger partial charge in [-0.3, -0.25) is 37.3 Å². The maximum atomic E-state index is 16.8. The van der Waals surface area contributed by atoms with Crippen molar-refractivity contribution in [2.75, 3.05) is 45.8 Å². The van der Waals surface area contributed by atoms with Crippen molar-refractivity contribution >= 4 is 43.0 Å². The van der Waals surface area contributed by atoms with E-state index in [1.807, 2.05) is 6.07 Å². The Morgan fingerprint density at radius 1 is 1.15 bits per heavy atom. The van der Waals surface area contributed by atoms with E-state index in [4.69, 9.17) is 43.0 Å². The van der Waals surface area contributed by atoms with Gasteiger partial charge < -0.3 is 34.3 Å². The minimum absolute atomic E-state index is 0.123. The number of nitrogens with zero attached hydrogens (tertiary/aromatic N) is 9. The van der Waals surface area contributed by atoms with Crippen molar-refractivity contribution in [2.45, 2.75) is 75.3 Å². The fourth-order valence-electron chi connectivity index (χ4n) is 5.72. The van der Waals surface area contributed by atoms with Gasteiger partial charge >= 0.3 is 13.5 Å². The number of aliphatic imine (C=N–C) groups is 1. The highest BCUT2D eigenvalue weighted by Crippen LogP contribution is 2.54. The van der Waals surface area contributed by atoms with Gasteiger partial charge in [0.05, 0.1) is 64.1 Å². The number of rotatable bonds is 20. The lowest BCUT2D eigenvalue weighted by molar-refractivity contribution is -0.232. The standard InChI is InChI=1S/C33H40F2N11O12P/c1-5-12-54-59(51,55-14-7-10-37)58-25-19(56-30(22(25)35)46-17-38-23-27(46)42-32(43-28(23)49)39-16-44(3)4)15-53-31(52-13-6-9-36)26-24(48)21(34)29(57-26)45-11-8-20(40-18(2)47)41-33(45)50/h5,8,11,16-17,19,21-22,24-26,29-31,48H,1,6-7,12-15H2,2-4H3,(H,42,43,49)(H,40,41,47,50)/t19-,21-,22-,24+,25-,26+,29-,30-,31?,59?/m1/s1. The van der Waals surface area contributed by atoms with E-state index < -0.39 is 93.7 Å². The Balaban J connectivity index is 1.47. The van der Waals surface area contributed by atoms with Gasteiger partial charge in [-0.25, -0.2) is 28.1 Å². The van der Waals surface area contributed by atoms with Crippen LogP contribution in [0.15, 0.2) is 45.8 Å². The van der Waals surface area contributed by atoms with E-state index in [1.54, 1.807) is 25.1 Å². The molecule has 2 aliphatic rings. The maximum Gasteiger partial charge on any atom is 0.475 e. The summed E-state index contributed by atoms with van der Waals surface area (Å²) >= 11 is 0. The molecule has 0 radical (unpaired) electrons. The Hall–Kier alpha value is -5.34. The summed E-state index contributed by atoms with van der Waals surface area (Å²) in [6.07, 6.45) is -12.7. The fourth-order valence-corrected chi connectivity index (χ4v) is 7.07. The highest BCUT2D eigenvalue weighted by Gasteiger charge is 2.53. The van der Waals surface area contributed by atoms with Crippen LogP contribution in [0.3, 0.4) is 0 Å². The van der Waals surface area contributed by atoms with Crippen LogP contribution in [-0.4, -0.2) is 135 Å². The highest BCUT2D eigenvalue weighted by atomic mass is 31.2. The molecule has 2 unspecified atom stereocenters. The molecule has 0 bridgehead atoms. The van der Waals surface area contributed by atoms with Gasteiger partial charge in [-0.1, -0.05) is 6.08 Å². The number of H-pyrrole nitrogens is 1. The lowest BCUT2D eigenvalue weighted by Gasteiger charge is -2.28. The summed E-state index contributed by atoms with van der Waals surface area (Å²) in [5.41, 5.74) is -2.14. The summed E-state index contributed by atoms with van der Waals surface area (Å²) in [6.45, 7) is 2.77. The molecule has 59 heavy (non-hydrogen) atoms. The normalized spacial score (nSPS) is 25.7.